The summed E-state index contributed by atoms with van der Waals surface area (Å²) in [4.78, 5) is 32.6. The number of methoxy groups -OCH3 is 1. The molecule has 2 aromatic carbocycles. The second kappa shape index (κ2) is 10.9. The average molecular weight is 465 g/mol. The lowest BCUT2D eigenvalue weighted by Gasteiger charge is -2.37. The first-order valence-corrected chi connectivity index (χ1v) is 12.2. The Balaban J connectivity index is 1.36. The monoisotopic (exact) mass is 464 g/mol. The molecule has 2 heterocycles. The van der Waals surface area contributed by atoms with Gasteiger partial charge in [0.15, 0.2) is 0 Å². The molecule has 2 fully saturated rings. The quantitative estimate of drug-likeness (QED) is 0.711. The van der Waals surface area contributed by atoms with Crippen molar-refractivity contribution in [2.45, 2.75) is 37.8 Å². The summed E-state index contributed by atoms with van der Waals surface area (Å²) in [7, 11) is 5.69. The molecule has 1 N–H and O–H groups in total. The SMILES string of the molecule is COc1ccc(C(=O)NC2CCN(c3ccccc3C(=O)N(C)C3CCN(C)CC3)CC2)cc1. The van der Waals surface area contributed by atoms with E-state index in [9.17, 15) is 9.59 Å². The molecule has 0 radical (unpaired) electrons. The van der Waals surface area contributed by atoms with Crippen molar-refractivity contribution >= 4 is 17.5 Å². The maximum Gasteiger partial charge on any atom is 0.255 e. The van der Waals surface area contributed by atoms with E-state index < -0.39 is 0 Å². The number of benzene rings is 2. The third-order valence-electron chi connectivity index (χ3n) is 7.21. The molecule has 34 heavy (non-hydrogen) atoms. The maximum absolute atomic E-state index is 13.4. The van der Waals surface area contributed by atoms with E-state index in [1.807, 2.05) is 36.2 Å². The van der Waals surface area contributed by atoms with Crippen molar-refractivity contribution in [3.05, 3.63) is 59.7 Å². The van der Waals surface area contributed by atoms with Crippen molar-refractivity contribution in [1.29, 1.82) is 0 Å². The summed E-state index contributed by atoms with van der Waals surface area (Å²) in [6.45, 7) is 3.66. The topological polar surface area (TPSA) is 65.1 Å². The fourth-order valence-corrected chi connectivity index (χ4v) is 4.94. The summed E-state index contributed by atoms with van der Waals surface area (Å²) < 4.78 is 5.17. The van der Waals surface area contributed by atoms with E-state index in [2.05, 4.69) is 22.2 Å². The summed E-state index contributed by atoms with van der Waals surface area (Å²) in [5.74, 6) is 0.774. The normalized spacial score (nSPS) is 17.9. The minimum Gasteiger partial charge on any atom is -0.497 e. The molecule has 0 aromatic heterocycles. The van der Waals surface area contributed by atoms with Crippen LogP contribution >= 0.6 is 0 Å². The number of amides is 2. The van der Waals surface area contributed by atoms with Crippen LogP contribution in [0.2, 0.25) is 0 Å². The summed E-state index contributed by atoms with van der Waals surface area (Å²) in [5, 5.41) is 3.16. The Morgan fingerprint density at radius 1 is 0.941 bits per heavy atom. The Bertz CT molecular complexity index is 978. The zero-order valence-corrected chi connectivity index (χ0v) is 20.5. The third-order valence-corrected chi connectivity index (χ3v) is 7.21. The average Bonchev–Trinajstić information content (AvgIpc) is 2.89. The first kappa shape index (κ1) is 24.1. The number of para-hydroxylation sites is 1. The van der Waals surface area contributed by atoms with E-state index in [1.165, 1.54) is 0 Å². The van der Waals surface area contributed by atoms with Crippen LogP contribution in [0.1, 0.15) is 46.4 Å². The highest BCUT2D eigenvalue weighted by molar-refractivity contribution is 6.00. The van der Waals surface area contributed by atoms with Crippen LogP contribution in [-0.2, 0) is 0 Å². The number of likely N-dealkylation sites (tertiary alicyclic amines) is 1. The Hall–Kier alpha value is -3.06. The van der Waals surface area contributed by atoms with Crippen LogP contribution in [0.5, 0.6) is 5.75 Å². The Morgan fingerprint density at radius 2 is 1.59 bits per heavy atom. The van der Waals surface area contributed by atoms with Crippen molar-refractivity contribution in [2.75, 3.05) is 52.3 Å². The van der Waals surface area contributed by atoms with Crippen molar-refractivity contribution in [1.82, 2.24) is 15.1 Å². The third kappa shape index (κ3) is 5.53. The molecule has 2 amide bonds. The summed E-state index contributed by atoms with van der Waals surface area (Å²) in [6.07, 6.45) is 3.71. The molecule has 4 rings (SSSR count). The molecule has 0 unspecified atom stereocenters. The number of nitrogens with one attached hydrogen (secondary N) is 1. The van der Waals surface area contributed by atoms with Crippen LogP contribution in [0, 0.1) is 0 Å². The lowest BCUT2D eigenvalue weighted by atomic mass is 10.0. The molecule has 0 spiro atoms. The molecular formula is C27H36N4O3. The fraction of sp³-hybridized carbons (Fsp3) is 0.481. The standard InChI is InChI=1S/C27H36N4O3/c1-29-16-14-22(15-17-29)30(2)27(33)24-6-4-5-7-25(24)31-18-12-21(13-19-31)28-26(32)20-8-10-23(34-3)11-9-20/h4-11,21-22H,12-19H2,1-3H3,(H,28,32). The minimum atomic E-state index is -0.0589. The van der Waals surface area contributed by atoms with E-state index in [1.54, 1.807) is 31.4 Å². The van der Waals surface area contributed by atoms with Gasteiger partial charge in [0, 0.05) is 43.5 Å². The van der Waals surface area contributed by atoms with Crippen LogP contribution in [0.25, 0.3) is 0 Å². The van der Waals surface area contributed by atoms with E-state index >= 15 is 0 Å². The number of carbonyl (C=O) groups excluding carboxylic acids is 2. The van der Waals surface area contributed by atoms with Gasteiger partial charge in [0.1, 0.15) is 5.75 Å². The van der Waals surface area contributed by atoms with Crippen molar-refractivity contribution in [3.63, 3.8) is 0 Å². The number of piperidine rings is 2. The van der Waals surface area contributed by atoms with Crippen LogP contribution < -0.4 is 15.0 Å². The first-order chi connectivity index (χ1) is 16.5. The minimum absolute atomic E-state index is 0.0589. The van der Waals surface area contributed by atoms with Gasteiger partial charge in [0.25, 0.3) is 11.8 Å². The molecule has 182 valence electrons. The number of hydrogen-bond donors (Lipinski definition) is 1. The Morgan fingerprint density at radius 3 is 2.24 bits per heavy atom. The van der Waals surface area contributed by atoms with Gasteiger partial charge >= 0.3 is 0 Å². The van der Waals surface area contributed by atoms with Crippen LogP contribution in [0.4, 0.5) is 5.69 Å². The molecule has 0 bridgehead atoms. The van der Waals surface area contributed by atoms with Gasteiger partial charge in [0.2, 0.25) is 0 Å². The highest BCUT2D eigenvalue weighted by Crippen LogP contribution is 2.27. The van der Waals surface area contributed by atoms with E-state index in [4.69, 9.17) is 4.74 Å². The molecule has 2 aliphatic rings. The van der Waals surface area contributed by atoms with E-state index in [0.29, 0.717) is 5.56 Å². The fourth-order valence-electron chi connectivity index (χ4n) is 4.94. The number of rotatable bonds is 6. The zero-order chi connectivity index (χ0) is 24.1. The molecule has 7 heteroatoms. The lowest BCUT2D eigenvalue weighted by Crippen LogP contribution is -2.46. The number of nitrogens with zero attached hydrogens (tertiary/aromatic N) is 3. The predicted octanol–water partition coefficient (Wildman–Crippen LogP) is 3.26. The van der Waals surface area contributed by atoms with E-state index in [-0.39, 0.29) is 23.9 Å². The Labute approximate surface area is 202 Å². The molecule has 0 atom stereocenters. The van der Waals surface area contributed by atoms with Crippen molar-refractivity contribution < 1.29 is 14.3 Å². The largest absolute Gasteiger partial charge is 0.497 e. The molecule has 7 nitrogen and oxygen atoms in total. The van der Waals surface area contributed by atoms with E-state index in [0.717, 1.165) is 68.9 Å². The molecular weight excluding hydrogens is 428 g/mol. The van der Waals surface area contributed by atoms with Crippen molar-refractivity contribution in [3.8, 4) is 5.75 Å². The predicted molar refractivity (Wildman–Crippen MR) is 135 cm³/mol. The zero-order valence-electron chi connectivity index (χ0n) is 20.5. The molecule has 2 aromatic rings. The number of hydrogen-bond acceptors (Lipinski definition) is 5. The van der Waals surface area contributed by atoms with Crippen LogP contribution in [0.3, 0.4) is 0 Å². The first-order valence-electron chi connectivity index (χ1n) is 12.2. The second-order valence-electron chi connectivity index (χ2n) is 9.43. The molecule has 2 saturated heterocycles. The smallest absolute Gasteiger partial charge is 0.255 e. The van der Waals surface area contributed by atoms with Gasteiger partial charge in [0.05, 0.1) is 12.7 Å². The maximum atomic E-state index is 13.4. The van der Waals surface area contributed by atoms with Crippen LogP contribution in [-0.4, -0.2) is 81.1 Å². The van der Waals surface area contributed by atoms with Gasteiger partial charge in [-0.15, -0.1) is 0 Å². The summed E-state index contributed by atoms with van der Waals surface area (Å²) in [6, 6.07) is 15.5. The van der Waals surface area contributed by atoms with Gasteiger partial charge in [-0.25, -0.2) is 0 Å². The number of ether oxygens (including phenoxy) is 1. The van der Waals surface area contributed by atoms with Crippen molar-refractivity contribution in [2.24, 2.45) is 0 Å². The molecule has 2 aliphatic heterocycles. The molecule has 0 aliphatic carbocycles. The van der Waals surface area contributed by atoms with Crippen LogP contribution in [0.15, 0.2) is 48.5 Å². The van der Waals surface area contributed by atoms with Gasteiger partial charge in [-0.1, -0.05) is 12.1 Å². The lowest BCUT2D eigenvalue weighted by molar-refractivity contribution is 0.0660. The van der Waals surface area contributed by atoms with Gasteiger partial charge in [-0.3, -0.25) is 9.59 Å². The molecule has 0 saturated carbocycles. The highest BCUT2D eigenvalue weighted by Gasteiger charge is 2.28. The summed E-state index contributed by atoms with van der Waals surface area (Å²) in [5.41, 5.74) is 2.40. The number of carbonyl (C=O) groups is 2. The second-order valence-corrected chi connectivity index (χ2v) is 9.43. The van der Waals surface area contributed by atoms with Gasteiger partial charge in [-0.2, -0.15) is 0 Å². The van der Waals surface area contributed by atoms with Gasteiger partial charge < -0.3 is 24.8 Å². The highest BCUT2D eigenvalue weighted by atomic mass is 16.5. The Kier molecular flexibility index (Phi) is 7.73. The summed E-state index contributed by atoms with van der Waals surface area (Å²) >= 11 is 0. The van der Waals surface area contributed by atoms with Gasteiger partial charge in [-0.05, 0) is 82.2 Å². The number of anilines is 1.